The Bertz CT molecular complexity index is 1630. The zero-order chi connectivity index (χ0) is 31.1. The van der Waals surface area contributed by atoms with Crippen LogP contribution in [-0.2, 0) is 39.9 Å². The molecule has 2 aliphatic carbocycles. The summed E-state index contributed by atoms with van der Waals surface area (Å²) in [5.74, 6) is -0.578. The normalized spacial score (nSPS) is 20.1. The second kappa shape index (κ2) is 12.5. The minimum atomic E-state index is -1.80. The molecule has 2 aliphatic rings. The Hall–Kier alpha value is -2.92. The van der Waals surface area contributed by atoms with Gasteiger partial charge < -0.3 is 14.7 Å². The average Bonchev–Trinajstić information content (AvgIpc) is 3.83. The number of esters is 1. The van der Waals surface area contributed by atoms with E-state index in [4.69, 9.17) is 4.74 Å². The van der Waals surface area contributed by atoms with Crippen molar-refractivity contribution in [2.45, 2.75) is 102 Å². The lowest BCUT2D eigenvalue weighted by atomic mass is 9.91. The van der Waals surface area contributed by atoms with Gasteiger partial charge in [-0.05, 0) is 111 Å². The van der Waals surface area contributed by atoms with E-state index in [0.717, 1.165) is 92.2 Å². The van der Waals surface area contributed by atoms with E-state index < -0.39 is 11.6 Å². The van der Waals surface area contributed by atoms with Crippen LogP contribution in [0.25, 0.3) is 11.0 Å². The minimum Gasteiger partial charge on any atom is -0.460 e. The van der Waals surface area contributed by atoms with Crippen LogP contribution >= 0.6 is 22.7 Å². The van der Waals surface area contributed by atoms with Crippen molar-refractivity contribution in [2.75, 3.05) is 13.6 Å². The van der Waals surface area contributed by atoms with Gasteiger partial charge in [-0.2, -0.15) is 0 Å². The highest BCUT2D eigenvalue weighted by Gasteiger charge is 2.45. The maximum atomic E-state index is 13.7. The summed E-state index contributed by atoms with van der Waals surface area (Å²) in [4.78, 5) is 30.0. The number of benzene rings is 1. The van der Waals surface area contributed by atoms with Crippen LogP contribution in [0.15, 0.2) is 35.7 Å². The van der Waals surface area contributed by atoms with E-state index in [1.54, 1.807) is 0 Å². The molecule has 1 saturated carbocycles. The first-order chi connectivity index (χ1) is 21.1. The number of nitrogens with zero attached hydrogens (tertiary/aromatic N) is 4. The number of hydrogen-bond acceptors (Lipinski definition) is 9. The SMILES string of the molecule is CN(CCCn1nnc2cc(C=O)c3c(c21)CCC3)[C@H]1CC[C@H](OC(=O)C(O)(c2cccs2)c2ccc(C(C)(C)C)s2)CC1. The third kappa shape index (κ3) is 5.89. The highest BCUT2D eigenvalue weighted by Crippen LogP contribution is 2.41. The Balaban J connectivity index is 1.04. The van der Waals surface area contributed by atoms with E-state index in [-0.39, 0.29) is 11.5 Å². The van der Waals surface area contributed by atoms with Gasteiger partial charge in [-0.3, -0.25) is 4.79 Å². The Morgan fingerprint density at radius 3 is 2.55 bits per heavy atom. The molecular weight excluding hydrogens is 593 g/mol. The van der Waals surface area contributed by atoms with E-state index in [2.05, 4.69) is 43.0 Å². The summed E-state index contributed by atoms with van der Waals surface area (Å²) in [5, 5.41) is 22.6. The molecule has 4 aromatic rings. The first-order valence-electron chi connectivity index (χ1n) is 15.7. The van der Waals surface area contributed by atoms with Crippen molar-refractivity contribution in [3.05, 3.63) is 67.0 Å². The standard InChI is InChI=1S/C34H42N4O4S2/c1-33(2,3)28-15-16-30(44-28)34(41,29-10-6-19-43-29)32(40)42-24-13-11-23(12-14-24)37(4)17-7-18-38-31-26-9-5-8-25(26)22(21-39)20-27(31)35-36-38/h6,10,15-16,19-21,23-24,41H,5,7-9,11-14,17-18H2,1-4H3/t23-,24-,34?. The Kier molecular flexibility index (Phi) is 8.80. The van der Waals surface area contributed by atoms with Crippen molar-refractivity contribution in [1.29, 1.82) is 0 Å². The van der Waals surface area contributed by atoms with E-state index in [9.17, 15) is 14.7 Å². The minimum absolute atomic E-state index is 0.0716. The number of aliphatic hydroxyl groups is 1. The van der Waals surface area contributed by atoms with Crippen molar-refractivity contribution in [3.63, 3.8) is 0 Å². The zero-order valence-corrected chi connectivity index (χ0v) is 27.7. The highest BCUT2D eigenvalue weighted by atomic mass is 32.1. The Morgan fingerprint density at radius 1 is 1.11 bits per heavy atom. The van der Waals surface area contributed by atoms with Crippen LogP contribution in [-0.4, -0.2) is 63.0 Å². The summed E-state index contributed by atoms with van der Waals surface area (Å²) in [5.41, 5.74) is 3.21. The third-order valence-electron chi connectivity index (χ3n) is 9.33. The van der Waals surface area contributed by atoms with Crippen LogP contribution in [0.4, 0.5) is 0 Å². The molecule has 0 aliphatic heterocycles. The van der Waals surface area contributed by atoms with Crippen molar-refractivity contribution in [3.8, 4) is 0 Å². The van der Waals surface area contributed by atoms with Gasteiger partial charge in [0, 0.05) is 23.0 Å². The fourth-order valence-corrected chi connectivity index (χ4v) is 8.83. The number of aromatic nitrogens is 3. The van der Waals surface area contributed by atoms with Crippen LogP contribution in [0, 0.1) is 0 Å². The number of ether oxygens (including phenoxy) is 1. The van der Waals surface area contributed by atoms with Crippen LogP contribution in [0.3, 0.4) is 0 Å². The van der Waals surface area contributed by atoms with Crippen molar-refractivity contribution in [2.24, 2.45) is 0 Å². The number of thiophene rings is 2. The van der Waals surface area contributed by atoms with Crippen molar-refractivity contribution >= 4 is 46.0 Å². The van der Waals surface area contributed by atoms with Gasteiger partial charge in [0.05, 0.1) is 15.3 Å². The molecule has 1 fully saturated rings. The molecule has 0 bridgehead atoms. The van der Waals surface area contributed by atoms with Crippen molar-refractivity contribution < 1.29 is 19.4 Å². The van der Waals surface area contributed by atoms with Gasteiger partial charge >= 0.3 is 5.97 Å². The molecule has 44 heavy (non-hydrogen) atoms. The molecule has 0 radical (unpaired) electrons. The molecule has 0 amide bonds. The van der Waals surface area contributed by atoms with Gasteiger partial charge in [-0.15, -0.1) is 27.8 Å². The number of aryl methyl sites for hydroxylation is 2. The van der Waals surface area contributed by atoms with Gasteiger partial charge in [-0.1, -0.05) is 32.1 Å². The van der Waals surface area contributed by atoms with Crippen LogP contribution < -0.4 is 0 Å². The highest BCUT2D eigenvalue weighted by molar-refractivity contribution is 7.13. The summed E-state index contributed by atoms with van der Waals surface area (Å²) < 4.78 is 8.07. The topological polar surface area (TPSA) is 97.5 Å². The molecule has 6 rings (SSSR count). The van der Waals surface area contributed by atoms with Gasteiger partial charge in [0.15, 0.2) is 0 Å². The largest absolute Gasteiger partial charge is 0.460 e. The van der Waals surface area contributed by atoms with E-state index in [1.165, 1.54) is 33.8 Å². The number of carbonyl (C=O) groups is 2. The summed E-state index contributed by atoms with van der Waals surface area (Å²) >= 11 is 2.85. The predicted molar refractivity (Wildman–Crippen MR) is 175 cm³/mol. The molecule has 3 heterocycles. The second-order valence-electron chi connectivity index (χ2n) is 13.3. The molecule has 3 aromatic heterocycles. The van der Waals surface area contributed by atoms with Crippen LogP contribution in [0.2, 0.25) is 0 Å². The lowest BCUT2D eigenvalue weighted by Gasteiger charge is -2.35. The first kappa shape index (κ1) is 31.1. The van der Waals surface area contributed by atoms with Gasteiger partial charge in [0.1, 0.15) is 17.9 Å². The first-order valence-corrected chi connectivity index (χ1v) is 17.4. The number of aldehydes is 1. The van der Waals surface area contributed by atoms with Gasteiger partial charge in [-0.25, -0.2) is 9.48 Å². The summed E-state index contributed by atoms with van der Waals surface area (Å²) in [6.45, 7) is 8.11. The zero-order valence-electron chi connectivity index (χ0n) is 26.0. The molecule has 1 N–H and O–H groups in total. The molecule has 1 unspecified atom stereocenters. The number of fused-ring (bicyclic) bond motifs is 3. The second-order valence-corrected chi connectivity index (χ2v) is 15.4. The van der Waals surface area contributed by atoms with Gasteiger partial charge in [0.25, 0.3) is 0 Å². The maximum absolute atomic E-state index is 13.7. The molecule has 0 spiro atoms. The fraction of sp³-hybridized carbons (Fsp3) is 0.529. The third-order valence-corrected chi connectivity index (χ3v) is 11.9. The lowest BCUT2D eigenvalue weighted by Crippen LogP contribution is -2.42. The smallest absolute Gasteiger partial charge is 0.349 e. The number of rotatable bonds is 10. The van der Waals surface area contributed by atoms with Crippen molar-refractivity contribution in [1.82, 2.24) is 19.9 Å². The maximum Gasteiger partial charge on any atom is 0.349 e. The molecule has 0 saturated heterocycles. The molecule has 234 valence electrons. The Morgan fingerprint density at radius 2 is 1.86 bits per heavy atom. The predicted octanol–water partition coefficient (Wildman–Crippen LogP) is 6.27. The molecule has 8 nitrogen and oxygen atoms in total. The molecule has 1 aromatic carbocycles. The molecular formula is C34H42N4O4S2. The molecule has 10 heteroatoms. The van der Waals surface area contributed by atoms with Gasteiger partial charge in [0.2, 0.25) is 5.60 Å². The van der Waals surface area contributed by atoms with Crippen LogP contribution in [0.1, 0.15) is 95.4 Å². The van der Waals surface area contributed by atoms with Crippen LogP contribution in [0.5, 0.6) is 0 Å². The fourth-order valence-electron chi connectivity index (χ4n) is 6.79. The van der Waals surface area contributed by atoms with E-state index in [1.807, 2.05) is 40.4 Å². The lowest BCUT2D eigenvalue weighted by molar-refractivity contribution is -0.169. The summed E-state index contributed by atoms with van der Waals surface area (Å²) in [6.07, 6.45) is 8.11. The quantitative estimate of drug-likeness (QED) is 0.162. The summed E-state index contributed by atoms with van der Waals surface area (Å²) in [7, 11) is 2.17. The molecule has 1 atom stereocenters. The van der Waals surface area contributed by atoms with E-state index in [0.29, 0.717) is 15.8 Å². The monoisotopic (exact) mass is 634 g/mol. The number of hydrogen-bond donors (Lipinski definition) is 1. The average molecular weight is 635 g/mol. The number of carbonyl (C=O) groups excluding carboxylic acids is 2. The Labute approximate surface area is 267 Å². The summed E-state index contributed by atoms with van der Waals surface area (Å²) in [6, 6.07) is 9.85. The van der Waals surface area contributed by atoms with E-state index >= 15 is 0 Å².